The third-order valence-electron chi connectivity index (χ3n) is 6.49. The Morgan fingerprint density at radius 3 is 2.30 bits per heavy atom. The highest BCUT2D eigenvalue weighted by Crippen LogP contribution is 2.47. The van der Waals surface area contributed by atoms with Crippen LogP contribution in [0.5, 0.6) is 0 Å². The fraction of sp³-hybridized carbons (Fsp3) is 0. The summed E-state index contributed by atoms with van der Waals surface area (Å²) in [6.45, 7) is 0. The molecule has 5 aromatic heterocycles. The molecule has 4 heteroatoms. The van der Waals surface area contributed by atoms with Gasteiger partial charge in [0.25, 0.3) is 0 Å². The van der Waals surface area contributed by atoms with Gasteiger partial charge in [-0.25, -0.2) is 0 Å². The van der Waals surface area contributed by atoms with Crippen molar-refractivity contribution in [2.75, 3.05) is 0 Å². The molecular weight excluding hydrogens is 386 g/mol. The number of rotatable bonds is 0. The molecule has 0 saturated heterocycles. The minimum absolute atomic E-state index is 1.14. The maximum atomic E-state index is 4.44. The van der Waals surface area contributed by atoms with Crippen LogP contribution >= 0.6 is 11.3 Å². The lowest BCUT2D eigenvalue weighted by molar-refractivity contribution is 1.27. The van der Waals surface area contributed by atoms with Gasteiger partial charge in [-0.3, -0.25) is 9.97 Å². The number of pyridine rings is 2. The van der Waals surface area contributed by atoms with Gasteiger partial charge < -0.3 is 4.40 Å². The Morgan fingerprint density at radius 1 is 0.667 bits per heavy atom. The second-order valence-corrected chi connectivity index (χ2v) is 8.96. The lowest BCUT2D eigenvalue weighted by Crippen LogP contribution is -1.82. The first-order valence-electron chi connectivity index (χ1n) is 10.00. The van der Waals surface area contributed by atoms with Gasteiger partial charge in [0.2, 0.25) is 0 Å². The van der Waals surface area contributed by atoms with E-state index < -0.39 is 0 Å². The van der Waals surface area contributed by atoms with Crippen LogP contribution < -0.4 is 0 Å². The van der Waals surface area contributed by atoms with E-state index in [1.54, 1.807) is 0 Å². The Kier molecular flexibility index (Phi) is 2.54. The number of hydrogen-bond donors (Lipinski definition) is 0. The summed E-state index contributed by atoms with van der Waals surface area (Å²) in [4.78, 5) is 8.87. The van der Waals surface area contributed by atoms with E-state index in [4.69, 9.17) is 0 Å². The van der Waals surface area contributed by atoms with Crippen LogP contribution in [0.15, 0.2) is 79.4 Å². The van der Waals surface area contributed by atoms with Gasteiger partial charge in [0.15, 0.2) is 0 Å². The fourth-order valence-corrected chi connectivity index (χ4v) is 6.60. The molecule has 5 heterocycles. The first-order valence-corrected chi connectivity index (χ1v) is 10.8. The number of nitrogens with zero attached hydrogens (tertiary/aromatic N) is 3. The Balaban J connectivity index is 1.82. The van der Waals surface area contributed by atoms with Crippen molar-refractivity contribution in [2.24, 2.45) is 0 Å². The molecule has 0 aliphatic carbocycles. The highest BCUT2D eigenvalue weighted by atomic mass is 32.1. The smallest absolute Gasteiger partial charge is 0.0726 e. The van der Waals surface area contributed by atoms with Crippen LogP contribution in [0.2, 0.25) is 0 Å². The van der Waals surface area contributed by atoms with E-state index in [2.05, 4.69) is 69.0 Å². The van der Waals surface area contributed by atoms with Crippen molar-refractivity contribution in [3.63, 3.8) is 0 Å². The summed E-state index contributed by atoms with van der Waals surface area (Å²) in [7, 11) is 0. The highest BCUT2D eigenvalue weighted by Gasteiger charge is 2.21. The molecule has 8 aromatic rings. The molecule has 0 amide bonds. The van der Waals surface area contributed by atoms with E-state index in [1.165, 1.54) is 58.0 Å². The number of fused-ring (bicyclic) bond motifs is 9. The minimum Gasteiger partial charge on any atom is -0.305 e. The van der Waals surface area contributed by atoms with Gasteiger partial charge in [-0.05, 0) is 35.0 Å². The monoisotopic (exact) mass is 399 g/mol. The second kappa shape index (κ2) is 5.04. The van der Waals surface area contributed by atoms with Crippen LogP contribution in [0.1, 0.15) is 0 Å². The molecule has 0 atom stereocenters. The normalized spacial score (nSPS) is 12.7. The number of aromatic nitrogens is 3. The Labute approximate surface area is 174 Å². The fourth-order valence-electron chi connectivity index (χ4n) is 5.31. The van der Waals surface area contributed by atoms with Crippen LogP contribution in [0.3, 0.4) is 0 Å². The van der Waals surface area contributed by atoms with Crippen LogP contribution in [0.25, 0.3) is 69.0 Å². The maximum absolute atomic E-state index is 4.44. The molecule has 8 rings (SSSR count). The molecule has 0 unspecified atom stereocenters. The third-order valence-corrected chi connectivity index (χ3v) is 7.67. The summed E-state index contributed by atoms with van der Waals surface area (Å²) < 4.78 is 5.02. The van der Waals surface area contributed by atoms with Gasteiger partial charge in [-0.2, -0.15) is 0 Å². The third kappa shape index (κ3) is 1.61. The Morgan fingerprint density at radius 2 is 1.43 bits per heavy atom. The summed E-state index contributed by atoms with van der Waals surface area (Å²) in [6.07, 6.45) is 7.75. The molecule has 3 nitrogen and oxygen atoms in total. The molecule has 0 bridgehead atoms. The van der Waals surface area contributed by atoms with Crippen molar-refractivity contribution in [1.82, 2.24) is 14.4 Å². The van der Waals surface area contributed by atoms with E-state index in [0.29, 0.717) is 0 Å². The first kappa shape index (κ1) is 15.1. The molecule has 0 fully saturated rings. The zero-order valence-electron chi connectivity index (χ0n) is 15.8. The Hall–Kier alpha value is -3.76. The lowest BCUT2D eigenvalue weighted by atomic mass is 10.00. The quantitative estimate of drug-likeness (QED) is 0.200. The van der Waals surface area contributed by atoms with Crippen LogP contribution in [-0.4, -0.2) is 14.4 Å². The van der Waals surface area contributed by atoms with Crippen LogP contribution in [0.4, 0.5) is 0 Å². The van der Waals surface area contributed by atoms with Crippen molar-refractivity contribution in [2.45, 2.75) is 0 Å². The largest absolute Gasteiger partial charge is 0.305 e. The maximum Gasteiger partial charge on any atom is 0.0726 e. The van der Waals surface area contributed by atoms with Gasteiger partial charge in [0.05, 0.1) is 28.9 Å². The second-order valence-electron chi connectivity index (χ2n) is 7.91. The van der Waals surface area contributed by atoms with Crippen LogP contribution in [0, 0.1) is 0 Å². The van der Waals surface area contributed by atoms with E-state index >= 15 is 0 Å². The molecule has 0 aliphatic heterocycles. The summed E-state index contributed by atoms with van der Waals surface area (Å²) in [5, 5.41) is 10.4. The van der Waals surface area contributed by atoms with Gasteiger partial charge in [0, 0.05) is 54.1 Å². The van der Waals surface area contributed by atoms with Crippen molar-refractivity contribution in [3.8, 4) is 0 Å². The highest BCUT2D eigenvalue weighted by molar-refractivity contribution is 7.26. The molecule has 0 aliphatic rings. The number of benzene rings is 3. The van der Waals surface area contributed by atoms with E-state index in [0.717, 1.165) is 11.0 Å². The van der Waals surface area contributed by atoms with Crippen LogP contribution in [-0.2, 0) is 0 Å². The molecule has 0 spiro atoms. The van der Waals surface area contributed by atoms with Crippen molar-refractivity contribution >= 4 is 80.4 Å². The zero-order valence-corrected chi connectivity index (χ0v) is 16.6. The summed E-state index contributed by atoms with van der Waals surface area (Å²) in [5.41, 5.74) is 3.56. The predicted octanol–water partition coefficient (Wildman–Crippen LogP) is 7.15. The topological polar surface area (TPSA) is 30.2 Å². The predicted molar refractivity (Wildman–Crippen MR) is 127 cm³/mol. The number of hydrogen-bond acceptors (Lipinski definition) is 3. The Bertz CT molecular complexity index is 1950. The molecule has 138 valence electrons. The van der Waals surface area contributed by atoms with Crippen molar-refractivity contribution in [3.05, 3.63) is 79.4 Å². The van der Waals surface area contributed by atoms with Gasteiger partial charge in [-0.15, -0.1) is 11.3 Å². The van der Waals surface area contributed by atoms with Gasteiger partial charge in [0.1, 0.15) is 0 Å². The van der Waals surface area contributed by atoms with Gasteiger partial charge in [-0.1, -0.05) is 30.3 Å². The van der Waals surface area contributed by atoms with E-state index in [-0.39, 0.29) is 0 Å². The summed E-state index contributed by atoms with van der Waals surface area (Å²) in [6, 6.07) is 20.0. The van der Waals surface area contributed by atoms with Crippen molar-refractivity contribution in [1.29, 1.82) is 0 Å². The zero-order chi connectivity index (χ0) is 19.4. The van der Waals surface area contributed by atoms with Crippen molar-refractivity contribution < 1.29 is 0 Å². The van der Waals surface area contributed by atoms with E-state index in [1.807, 2.05) is 36.1 Å². The average Bonchev–Trinajstić information content (AvgIpc) is 3.31. The molecule has 3 aromatic carbocycles. The summed E-state index contributed by atoms with van der Waals surface area (Å²) in [5.74, 6) is 0. The first-order chi connectivity index (χ1) is 14.9. The van der Waals surface area contributed by atoms with Gasteiger partial charge >= 0.3 is 0 Å². The molecule has 0 N–H and O–H groups in total. The molecule has 0 radical (unpaired) electrons. The molecule has 30 heavy (non-hydrogen) atoms. The minimum atomic E-state index is 1.14. The SMILES string of the molecule is c1cc2cccc3c4cc5c6ccncc6n6c7cnccc7c(c4sc(c1)c23)c56. The van der Waals surface area contributed by atoms with E-state index in [9.17, 15) is 0 Å². The summed E-state index contributed by atoms with van der Waals surface area (Å²) >= 11 is 1.90. The molecule has 0 saturated carbocycles. The average molecular weight is 399 g/mol. The lowest BCUT2D eigenvalue weighted by Gasteiger charge is -2.10. The standard InChI is InChI=1S/C26H13N3S/c1-3-14-4-2-6-22-23(14)16(5-1)19-11-18-15-7-9-27-12-20(15)29-21-13-28-10-8-17(21)24(25(18)29)26(19)30-22/h1-13H. The molecular formula is C26H13N3S.